The van der Waals surface area contributed by atoms with Crippen molar-refractivity contribution in [3.63, 3.8) is 0 Å². The maximum absolute atomic E-state index is 14.7. The SMILES string of the molecule is N[C@H]1CCN([C@H](c2ccc3nnc(-c4ccc5cc(F)c(OC6CCOCC6)cc5n4)n3c2)C(F)(F)F)C1. The summed E-state index contributed by atoms with van der Waals surface area (Å²) in [5, 5.41) is 8.87. The second kappa shape index (κ2) is 9.75. The summed E-state index contributed by atoms with van der Waals surface area (Å²) in [5.74, 6) is -0.116. The molecule has 38 heavy (non-hydrogen) atoms. The Morgan fingerprint density at radius 3 is 2.61 bits per heavy atom. The Hall–Kier alpha value is -3.35. The third kappa shape index (κ3) is 4.79. The molecule has 4 aromatic rings. The highest BCUT2D eigenvalue weighted by molar-refractivity contribution is 5.82. The lowest BCUT2D eigenvalue weighted by Crippen LogP contribution is -2.38. The Balaban J connectivity index is 1.37. The minimum absolute atomic E-state index is 0.0650. The van der Waals surface area contributed by atoms with Gasteiger partial charge in [-0.3, -0.25) is 9.30 Å². The topological polar surface area (TPSA) is 90.8 Å². The van der Waals surface area contributed by atoms with Crippen LogP contribution in [0.2, 0.25) is 0 Å². The van der Waals surface area contributed by atoms with Crippen molar-refractivity contribution < 1.29 is 27.0 Å². The van der Waals surface area contributed by atoms with Crippen LogP contribution >= 0.6 is 0 Å². The van der Waals surface area contributed by atoms with Gasteiger partial charge in [-0.2, -0.15) is 13.2 Å². The van der Waals surface area contributed by atoms with Gasteiger partial charge in [0.2, 0.25) is 0 Å². The van der Waals surface area contributed by atoms with Crippen molar-refractivity contribution in [3.05, 3.63) is 54.0 Å². The van der Waals surface area contributed by atoms with Gasteiger partial charge in [0.05, 0.1) is 18.7 Å². The maximum atomic E-state index is 14.7. The second-order valence-corrected chi connectivity index (χ2v) is 9.80. The summed E-state index contributed by atoms with van der Waals surface area (Å²) in [6, 6.07) is 7.07. The number of likely N-dealkylation sites (tertiary alicyclic amines) is 1. The first-order valence-corrected chi connectivity index (χ1v) is 12.5. The molecule has 2 N–H and O–H groups in total. The highest BCUT2D eigenvalue weighted by atomic mass is 19.4. The number of aromatic nitrogens is 4. The summed E-state index contributed by atoms with van der Waals surface area (Å²) in [6.45, 7) is 1.55. The minimum Gasteiger partial charge on any atom is -0.487 e. The molecule has 0 aliphatic carbocycles. The van der Waals surface area contributed by atoms with E-state index in [-0.39, 0.29) is 42.4 Å². The van der Waals surface area contributed by atoms with Gasteiger partial charge in [0, 0.05) is 49.6 Å². The number of benzene rings is 1. The van der Waals surface area contributed by atoms with E-state index in [1.807, 2.05) is 0 Å². The standard InChI is InChI=1S/C26H26F4N6O2/c27-19-11-15-1-3-20(32-21(15)12-22(19)38-18-6-9-37-10-7-18)25-34-33-23-4-2-16(13-36(23)25)24(26(28,29)30)35-8-5-17(31)14-35/h1-4,11-13,17-18,24H,5-10,14,31H2/t17-,24+/m0/s1. The minimum atomic E-state index is -4.49. The fourth-order valence-electron chi connectivity index (χ4n) is 5.21. The number of pyridine rings is 2. The summed E-state index contributed by atoms with van der Waals surface area (Å²) in [7, 11) is 0. The van der Waals surface area contributed by atoms with Crippen molar-refractivity contribution in [2.45, 2.75) is 43.6 Å². The smallest absolute Gasteiger partial charge is 0.408 e. The largest absolute Gasteiger partial charge is 0.487 e. The number of halogens is 4. The van der Waals surface area contributed by atoms with Crippen molar-refractivity contribution in [2.24, 2.45) is 5.73 Å². The molecule has 0 radical (unpaired) electrons. The van der Waals surface area contributed by atoms with Crippen LogP contribution in [0.5, 0.6) is 5.75 Å². The first-order valence-electron chi connectivity index (χ1n) is 12.5. The first-order chi connectivity index (χ1) is 18.3. The fourth-order valence-corrected chi connectivity index (χ4v) is 5.21. The van der Waals surface area contributed by atoms with Gasteiger partial charge in [-0.25, -0.2) is 9.37 Å². The molecule has 200 valence electrons. The van der Waals surface area contributed by atoms with Gasteiger partial charge in [-0.15, -0.1) is 10.2 Å². The van der Waals surface area contributed by atoms with Gasteiger partial charge < -0.3 is 15.2 Å². The van der Waals surface area contributed by atoms with E-state index in [1.54, 1.807) is 12.1 Å². The molecule has 0 spiro atoms. The number of nitrogens with zero attached hydrogens (tertiary/aromatic N) is 5. The summed E-state index contributed by atoms with van der Waals surface area (Å²) >= 11 is 0. The van der Waals surface area contributed by atoms with E-state index in [2.05, 4.69) is 15.2 Å². The van der Waals surface area contributed by atoms with Crippen LogP contribution in [0.3, 0.4) is 0 Å². The summed E-state index contributed by atoms with van der Waals surface area (Å²) < 4.78 is 69.9. The zero-order valence-electron chi connectivity index (χ0n) is 20.4. The predicted octanol–water partition coefficient (Wildman–Crippen LogP) is 4.28. The quantitative estimate of drug-likeness (QED) is 0.385. The van der Waals surface area contributed by atoms with E-state index in [9.17, 15) is 17.6 Å². The zero-order valence-corrected chi connectivity index (χ0v) is 20.4. The van der Waals surface area contributed by atoms with Crippen molar-refractivity contribution in [3.8, 4) is 17.3 Å². The van der Waals surface area contributed by atoms with Crippen LogP contribution in [0.4, 0.5) is 17.6 Å². The Morgan fingerprint density at radius 1 is 1.05 bits per heavy atom. The van der Waals surface area contributed by atoms with E-state index in [1.165, 1.54) is 39.8 Å². The number of ether oxygens (including phenoxy) is 2. The molecule has 0 amide bonds. The van der Waals surface area contributed by atoms with E-state index in [0.29, 0.717) is 54.7 Å². The van der Waals surface area contributed by atoms with E-state index in [0.717, 1.165) is 0 Å². The summed E-state index contributed by atoms with van der Waals surface area (Å²) in [4.78, 5) is 5.99. The number of fused-ring (bicyclic) bond motifs is 2. The lowest BCUT2D eigenvalue weighted by Gasteiger charge is -2.30. The van der Waals surface area contributed by atoms with Gasteiger partial charge in [-0.05, 0) is 30.2 Å². The van der Waals surface area contributed by atoms with Crippen molar-refractivity contribution in [1.29, 1.82) is 0 Å². The fraction of sp³-hybridized carbons (Fsp3) is 0.423. The van der Waals surface area contributed by atoms with Crippen LogP contribution in [0, 0.1) is 5.82 Å². The Morgan fingerprint density at radius 2 is 1.87 bits per heavy atom. The van der Waals surface area contributed by atoms with Crippen LogP contribution in [0.25, 0.3) is 28.1 Å². The molecule has 2 aliphatic heterocycles. The highest BCUT2D eigenvalue weighted by Gasteiger charge is 2.46. The van der Waals surface area contributed by atoms with Crippen LogP contribution in [-0.4, -0.2) is 69.1 Å². The molecule has 8 nitrogen and oxygen atoms in total. The third-order valence-corrected chi connectivity index (χ3v) is 7.11. The predicted molar refractivity (Wildman–Crippen MR) is 131 cm³/mol. The van der Waals surface area contributed by atoms with Crippen LogP contribution in [0.15, 0.2) is 42.6 Å². The van der Waals surface area contributed by atoms with Gasteiger partial charge >= 0.3 is 6.18 Å². The number of hydrogen-bond acceptors (Lipinski definition) is 7. The number of rotatable bonds is 5. The zero-order chi connectivity index (χ0) is 26.4. The summed E-state index contributed by atoms with van der Waals surface area (Å²) in [5.41, 5.74) is 7.20. The van der Waals surface area contributed by atoms with Gasteiger partial charge in [0.25, 0.3) is 0 Å². The molecule has 12 heteroatoms. The number of alkyl halides is 3. The molecule has 2 saturated heterocycles. The Labute approximate surface area is 215 Å². The lowest BCUT2D eigenvalue weighted by molar-refractivity contribution is -0.183. The molecular weight excluding hydrogens is 504 g/mol. The lowest BCUT2D eigenvalue weighted by atomic mass is 10.1. The molecule has 3 aromatic heterocycles. The van der Waals surface area contributed by atoms with Gasteiger partial charge in [0.15, 0.2) is 23.0 Å². The molecule has 2 fully saturated rings. The van der Waals surface area contributed by atoms with Crippen LogP contribution < -0.4 is 10.5 Å². The molecular formula is C26H26F4N6O2. The summed E-state index contributed by atoms with van der Waals surface area (Å²) in [6.07, 6.45) is -1.39. The van der Waals surface area contributed by atoms with E-state index < -0.39 is 18.0 Å². The third-order valence-electron chi connectivity index (χ3n) is 7.11. The molecule has 2 aliphatic rings. The van der Waals surface area contributed by atoms with Crippen LogP contribution in [-0.2, 0) is 4.74 Å². The molecule has 0 bridgehead atoms. The molecule has 0 unspecified atom stereocenters. The first kappa shape index (κ1) is 25.0. The molecule has 1 aromatic carbocycles. The molecule has 6 rings (SSSR count). The van der Waals surface area contributed by atoms with Crippen molar-refractivity contribution in [1.82, 2.24) is 24.5 Å². The van der Waals surface area contributed by atoms with E-state index in [4.69, 9.17) is 15.2 Å². The van der Waals surface area contributed by atoms with Crippen LogP contribution in [0.1, 0.15) is 30.9 Å². The average Bonchev–Trinajstić information content (AvgIpc) is 3.50. The van der Waals surface area contributed by atoms with Crippen molar-refractivity contribution in [2.75, 3.05) is 26.3 Å². The highest BCUT2D eigenvalue weighted by Crippen LogP contribution is 2.39. The normalized spacial score (nSPS) is 20.4. The second-order valence-electron chi connectivity index (χ2n) is 9.80. The average molecular weight is 531 g/mol. The van der Waals surface area contributed by atoms with Gasteiger partial charge in [0.1, 0.15) is 17.8 Å². The molecule has 0 saturated carbocycles. The van der Waals surface area contributed by atoms with Gasteiger partial charge in [-0.1, -0.05) is 12.1 Å². The molecule has 5 heterocycles. The maximum Gasteiger partial charge on any atom is 0.408 e. The monoisotopic (exact) mass is 530 g/mol. The van der Waals surface area contributed by atoms with Crippen molar-refractivity contribution >= 4 is 16.6 Å². The Bertz CT molecular complexity index is 1470. The number of hydrogen-bond donors (Lipinski definition) is 1. The number of nitrogens with two attached hydrogens (primary N) is 1. The van der Waals surface area contributed by atoms with E-state index >= 15 is 0 Å². The Kier molecular flexibility index (Phi) is 6.40. The molecule has 2 atom stereocenters.